The van der Waals surface area contributed by atoms with Crippen LogP contribution in [0.5, 0.6) is 0 Å². The Morgan fingerprint density at radius 1 is 1.26 bits per heavy atom. The Balaban J connectivity index is 1.84. The molecular weight excluding hydrogens is 292 g/mol. The molecule has 1 aromatic rings. The van der Waals surface area contributed by atoms with E-state index < -0.39 is 5.97 Å². The summed E-state index contributed by atoms with van der Waals surface area (Å²) in [6, 6.07) is 9.06. The van der Waals surface area contributed by atoms with Crippen LogP contribution in [0, 0.1) is 11.3 Å². The smallest absolute Gasteiger partial charge is 0.330 e. The number of likely N-dealkylation sites (tertiary alicyclic amines) is 1. The molecule has 0 spiro atoms. The molecule has 1 fully saturated rings. The fraction of sp³-hybridized carbons (Fsp3) is 0.278. The Hall–Kier alpha value is -2.87. The van der Waals surface area contributed by atoms with Crippen molar-refractivity contribution in [3.05, 3.63) is 54.1 Å². The average Bonchev–Trinajstić information content (AvgIpc) is 2.60. The molecule has 0 saturated carbocycles. The molecule has 1 aromatic carbocycles. The Kier molecular flexibility index (Phi) is 5.70. The molecule has 0 unspecified atom stereocenters. The van der Waals surface area contributed by atoms with Gasteiger partial charge in [0.2, 0.25) is 5.91 Å². The van der Waals surface area contributed by atoms with Crippen molar-refractivity contribution in [2.45, 2.75) is 18.9 Å². The summed E-state index contributed by atoms with van der Waals surface area (Å²) in [6.45, 7) is 4.49. The van der Waals surface area contributed by atoms with Crippen molar-refractivity contribution in [3.63, 3.8) is 0 Å². The number of esters is 1. The summed E-state index contributed by atoms with van der Waals surface area (Å²) in [5, 5.41) is 8.74. The first-order valence-corrected chi connectivity index (χ1v) is 7.42. The van der Waals surface area contributed by atoms with Gasteiger partial charge in [-0.05, 0) is 23.8 Å². The molecule has 5 heteroatoms. The Labute approximate surface area is 135 Å². The molecule has 1 aliphatic heterocycles. The maximum atomic E-state index is 12.1. The number of piperidine rings is 1. The van der Waals surface area contributed by atoms with Crippen molar-refractivity contribution >= 4 is 18.0 Å². The van der Waals surface area contributed by atoms with Crippen LogP contribution in [-0.4, -0.2) is 36.0 Å². The molecule has 1 aliphatic rings. The molecule has 1 heterocycles. The van der Waals surface area contributed by atoms with E-state index in [1.165, 1.54) is 6.08 Å². The van der Waals surface area contributed by atoms with Gasteiger partial charge in [0.25, 0.3) is 0 Å². The molecule has 0 bridgehead atoms. The minimum absolute atomic E-state index is 0.0668. The Morgan fingerprint density at radius 2 is 1.91 bits per heavy atom. The summed E-state index contributed by atoms with van der Waals surface area (Å²) in [5.74, 6) is -0.488. The third-order valence-corrected chi connectivity index (χ3v) is 3.66. The number of amides is 1. The minimum atomic E-state index is -0.421. The van der Waals surface area contributed by atoms with Gasteiger partial charge in [0.05, 0.1) is 11.6 Å². The van der Waals surface area contributed by atoms with Crippen LogP contribution >= 0.6 is 0 Å². The minimum Gasteiger partial charge on any atom is -0.459 e. The maximum absolute atomic E-state index is 12.1. The topological polar surface area (TPSA) is 70.4 Å². The molecule has 0 aliphatic carbocycles. The summed E-state index contributed by atoms with van der Waals surface area (Å²) >= 11 is 0. The lowest BCUT2D eigenvalue weighted by Gasteiger charge is -2.30. The lowest BCUT2D eigenvalue weighted by Crippen LogP contribution is -2.40. The number of ether oxygens (including phenoxy) is 1. The Bertz CT molecular complexity index is 648. The van der Waals surface area contributed by atoms with Crippen LogP contribution in [0.25, 0.3) is 6.08 Å². The van der Waals surface area contributed by atoms with Crippen LogP contribution in [0.2, 0.25) is 0 Å². The van der Waals surface area contributed by atoms with Crippen molar-refractivity contribution in [2.24, 2.45) is 0 Å². The van der Waals surface area contributed by atoms with Crippen LogP contribution in [0.3, 0.4) is 0 Å². The third-order valence-electron chi connectivity index (χ3n) is 3.66. The number of nitriles is 1. The van der Waals surface area contributed by atoms with E-state index in [1.807, 2.05) is 0 Å². The standard InChI is InChI=1S/C18H18N2O3/c1-2-18(22)23-16-9-11-20(12-10-16)17(21)8-7-14-3-5-15(13-19)6-4-14/h2-8,16H,1,9-12H2/b8-7+. The second-order valence-corrected chi connectivity index (χ2v) is 5.23. The molecule has 23 heavy (non-hydrogen) atoms. The van der Waals surface area contributed by atoms with Crippen LogP contribution in [-0.2, 0) is 14.3 Å². The van der Waals surface area contributed by atoms with Gasteiger partial charge in [-0.25, -0.2) is 4.79 Å². The van der Waals surface area contributed by atoms with E-state index in [-0.39, 0.29) is 12.0 Å². The van der Waals surface area contributed by atoms with Crippen LogP contribution in [0.4, 0.5) is 0 Å². The maximum Gasteiger partial charge on any atom is 0.330 e. The molecular formula is C18H18N2O3. The van der Waals surface area contributed by atoms with Gasteiger partial charge in [0.1, 0.15) is 6.10 Å². The summed E-state index contributed by atoms with van der Waals surface area (Å²) in [5.41, 5.74) is 1.46. The van der Waals surface area contributed by atoms with Crippen LogP contribution in [0.1, 0.15) is 24.0 Å². The van der Waals surface area contributed by atoms with E-state index >= 15 is 0 Å². The number of carbonyl (C=O) groups is 2. The molecule has 2 rings (SSSR count). The largest absolute Gasteiger partial charge is 0.459 e. The molecule has 0 N–H and O–H groups in total. The van der Waals surface area contributed by atoms with Gasteiger partial charge in [-0.1, -0.05) is 18.7 Å². The SMILES string of the molecule is C=CC(=O)OC1CCN(C(=O)/C=C/c2ccc(C#N)cc2)CC1. The molecule has 0 radical (unpaired) electrons. The van der Waals surface area contributed by atoms with Gasteiger partial charge in [-0.15, -0.1) is 0 Å². The van der Waals surface area contributed by atoms with Crippen LogP contribution < -0.4 is 0 Å². The van der Waals surface area contributed by atoms with Gasteiger partial charge in [-0.3, -0.25) is 4.79 Å². The highest BCUT2D eigenvalue weighted by Crippen LogP contribution is 2.15. The zero-order chi connectivity index (χ0) is 16.7. The van der Waals surface area contributed by atoms with E-state index in [2.05, 4.69) is 12.6 Å². The molecule has 0 aromatic heterocycles. The quantitative estimate of drug-likeness (QED) is 0.632. The van der Waals surface area contributed by atoms with Crippen molar-refractivity contribution in [3.8, 4) is 6.07 Å². The van der Waals surface area contributed by atoms with E-state index in [1.54, 1.807) is 35.2 Å². The summed E-state index contributed by atoms with van der Waals surface area (Å²) in [4.78, 5) is 25.0. The molecule has 118 valence electrons. The fourth-order valence-corrected chi connectivity index (χ4v) is 2.35. The number of carbonyl (C=O) groups excluding carboxylic acids is 2. The first-order valence-electron chi connectivity index (χ1n) is 7.42. The van der Waals surface area contributed by atoms with Gasteiger partial charge in [0, 0.05) is 38.1 Å². The predicted molar refractivity (Wildman–Crippen MR) is 86.1 cm³/mol. The average molecular weight is 310 g/mol. The lowest BCUT2D eigenvalue weighted by molar-refractivity contribution is -0.145. The summed E-state index contributed by atoms with van der Waals surface area (Å²) in [6.07, 6.45) is 5.53. The third kappa shape index (κ3) is 4.82. The van der Waals surface area contributed by atoms with Crippen molar-refractivity contribution in [2.75, 3.05) is 13.1 Å². The highest BCUT2D eigenvalue weighted by atomic mass is 16.5. The predicted octanol–water partition coefficient (Wildman–Crippen LogP) is 2.29. The second-order valence-electron chi connectivity index (χ2n) is 5.23. The van der Waals surface area contributed by atoms with E-state index in [0.717, 1.165) is 11.6 Å². The monoisotopic (exact) mass is 310 g/mol. The van der Waals surface area contributed by atoms with Gasteiger partial charge in [0.15, 0.2) is 0 Å². The van der Waals surface area contributed by atoms with E-state index in [4.69, 9.17) is 10.00 Å². The zero-order valence-corrected chi connectivity index (χ0v) is 12.8. The highest BCUT2D eigenvalue weighted by Gasteiger charge is 2.23. The van der Waals surface area contributed by atoms with Gasteiger partial charge >= 0.3 is 5.97 Å². The number of nitrogens with zero attached hydrogens (tertiary/aromatic N) is 2. The van der Waals surface area contributed by atoms with Crippen molar-refractivity contribution in [1.82, 2.24) is 4.90 Å². The van der Waals surface area contributed by atoms with E-state index in [0.29, 0.717) is 31.5 Å². The Morgan fingerprint density at radius 3 is 2.48 bits per heavy atom. The first kappa shape index (κ1) is 16.5. The fourth-order valence-electron chi connectivity index (χ4n) is 2.35. The van der Waals surface area contributed by atoms with Crippen molar-refractivity contribution in [1.29, 1.82) is 5.26 Å². The zero-order valence-electron chi connectivity index (χ0n) is 12.8. The van der Waals surface area contributed by atoms with E-state index in [9.17, 15) is 9.59 Å². The summed E-state index contributed by atoms with van der Waals surface area (Å²) in [7, 11) is 0. The number of benzene rings is 1. The van der Waals surface area contributed by atoms with Gasteiger partial charge < -0.3 is 9.64 Å². The molecule has 1 amide bonds. The van der Waals surface area contributed by atoms with Gasteiger partial charge in [-0.2, -0.15) is 5.26 Å². The highest BCUT2D eigenvalue weighted by molar-refractivity contribution is 5.91. The lowest BCUT2D eigenvalue weighted by atomic mass is 10.1. The van der Waals surface area contributed by atoms with Crippen LogP contribution in [0.15, 0.2) is 43.0 Å². The molecule has 0 atom stereocenters. The number of hydrogen-bond donors (Lipinski definition) is 0. The number of rotatable bonds is 4. The van der Waals surface area contributed by atoms with Crippen molar-refractivity contribution < 1.29 is 14.3 Å². The number of hydrogen-bond acceptors (Lipinski definition) is 4. The first-order chi connectivity index (χ1) is 11.1. The second kappa shape index (κ2) is 7.95. The molecule has 5 nitrogen and oxygen atoms in total. The summed E-state index contributed by atoms with van der Waals surface area (Å²) < 4.78 is 5.18. The molecule has 1 saturated heterocycles. The normalized spacial score (nSPS) is 15.2.